The molecule has 0 spiro atoms. The van der Waals surface area contributed by atoms with Crippen molar-refractivity contribution >= 4 is 5.91 Å². The molecule has 0 aromatic rings. The van der Waals surface area contributed by atoms with Crippen molar-refractivity contribution in [2.45, 2.75) is 45.2 Å². The highest BCUT2D eigenvalue weighted by Crippen LogP contribution is 2.25. The van der Waals surface area contributed by atoms with E-state index >= 15 is 0 Å². The second-order valence-electron chi connectivity index (χ2n) is 5.00. The lowest BCUT2D eigenvalue weighted by Crippen LogP contribution is -2.50. The van der Waals surface area contributed by atoms with E-state index in [4.69, 9.17) is 5.26 Å². The van der Waals surface area contributed by atoms with Gasteiger partial charge in [0.15, 0.2) is 0 Å². The predicted octanol–water partition coefficient (Wildman–Crippen LogP) is 1.23. The van der Waals surface area contributed by atoms with Crippen LogP contribution in [-0.4, -0.2) is 47.4 Å². The summed E-state index contributed by atoms with van der Waals surface area (Å²) in [6, 6.07) is 1.84. The van der Waals surface area contributed by atoms with E-state index in [1.165, 1.54) is 0 Å². The minimum Gasteiger partial charge on any atom is -0.336 e. The molecular weight excluding hydrogens is 202 g/mol. The number of nitrogens with zero attached hydrogens (tertiary/aromatic N) is 3. The molecule has 1 aliphatic rings. The largest absolute Gasteiger partial charge is 0.336 e. The van der Waals surface area contributed by atoms with Gasteiger partial charge in [-0.25, -0.2) is 0 Å². The van der Waals surface area contributed by atoms with Crippen molar-refractivity contribution in [1.29, 1.82) is 5.26 Å². The lowest BCUT2D eigenvalue weighted by molar-refractivity contribution is -0.139. The van der Waals surface area contributed by atoms with Crippen LogP contribution >= 0.6 is 0 Å². The Morgan fingerprint density at radius 2 is 2.19 bits per heavy atom. The molecule has 16 heavy (non-hydrogen) atoms. The normalized spacial score (nSPS) is 26.3. The van der Waals surface area contributed by atoms with Crippen molar-refractivity contribution in [3.8, 4) is 6.07 Å². The Labute approximate surface area is 97.8 Å². The fourth-order valence-corrected chi connectivity index (χ4v) is 2.32. The van der Waals surface area contributed by atoms with E-state index in [1.807, 2.05) is 23.8 Å². The first kappa shape index (κ1) is 13.0. The van der Waals surface area contributed by atoms with Crippen LogP contribution in [0.15, 0.2) is 0 Å². The topological polar surface area (TPSA) is 47.3 Å². The van der Waals surface area contributed by atoms with Gasteiger partial charge in [-0.1, -0.05) is 0 Å². The fraction of sp³-hybridized carbons (Fsp3) is 0.833. The average Bonchev–Trinajstić information content (AvgIpc) is 2.29. The van der Waals surface area contributed by atoms with Crippen LogP contribution < -0.4 is 0 Å². The van der Waals surface area contributed by atoms with Gasteiger partial charge in [-0.3, -0.25) is 9.69 Å². The first-order chi connectivity index (χ1) is 7.44. The van der Waals surface area contributed by atoms with Gasteiger partial charge >= 0.3 is 0 Å². The number of rotatable bonds is 2. The smallest absolute Gasteiger partial charge is 0.241 e. The standard InChI is InChI=1S/C12H21N3O/c1-5-15-11(16)10(6-8-13)14(4)9-7-12(15,2)3/h10H,5-7,9H2,1-4H3. The molecule has 1 atom stereocenters. The third-order valence-corrected chi connectivity index (χ3v) is 3.49. The minimum atomic E-state index is -0.272. The molecule has 0 aromatic carbocycles. The fourth-order valence-electron chi connectivity index (χ4n) is 2.32. The maximum absolute atomic E-state index is 12.3. The summed E-state index contributed by atoms with van der Waals surface area (Å²) in [5.41, 5.74) is -0.107. The van der Waals surface area contributed by atoms with E-state index in [9.17, 15) is 4.79 Å². The minimum absolute atomic E-state index is 0.0917. The zero-order chi connectivity index (χ0) is 12.3. The van der Waals surface area contributed by atoms with E-state index in [2.05, 4.69) is 19.9 Å². The van der Waals surface area contributed by atoms with Crippen molar-refractivity contribution in [3.05, 3.63) is 0 Å². The zero-order valence-electron chi connectivity index (χ0n) is 10.7. The molecule has 0 N–H and O–H groups in total. The predicted molar refractivity (Wildman–Crippen MR) is 62.7 cm³/mol. The van der Waals surface area contributed by atoms with Crippen LogP contribution in [0.2, 0.25) is 0 Å². The van der Waals surface area contributed by atoms with Gasteiger partial charge in [0.2, 0.25) is 5.91 Å². The average molecular weight is 223 g/mol. The van der Waals surface area contributed by atoms with E-state index in [0.717, 1.165) is 13.0 Å². The molecule has 1 saturated heterocycles. The number of carbonyl (C=O) groups excluding carboxylic acids is 1. The molecule has 0 aliphatic carbocycles. The third-order valence-electron chi connectivity index (χ3n) is 3.49. The van der Waals surface area contributed by atoms with Crippen LogP contribution in [0.5, 0.6) is 0 Å². The summed E-state index contributed by atoms with van der Waals surface area (Å²) in [6.45, 7) is 7.76. The lowest BCUT2D eigenvalue weighted by Gasteiger charge is -2.37. The molecule has 0 aromatic heterocycles. The van der Waals surface area contributed by atoms with Crippen molar-refractivity contribution in [3.63, 3.8) is 0 Å². The lowest BCUT2D eigenvalue weighted by atomic mass is 9.98. The molecule has 1 fully saturated rings. The first-order valence-electron chi connectivity index (χ1n) is 5.82. The van der Waals surface area contributed by atoms with E-state index < -0.39 is 0 Å². The second kappa shape index (κ2) is 4.84. The van der Waals surface area contributed by atoms with Crippen LogP contribution in [0.1, 0.15) is 33.6 Å². The number of amides is 1. The summed E-state index contributed by atoms with van der Waals surface area (Å²) in [6.07, 6.45) is 1.23. The Bertz CT molecular complexity index is 306. The van der Waals surface area contributed by atoms with Crippen LogP contribution in [0.3, 0.4) is 0 Å². The number of nitriles is 1. The van der Waals surface area contributed by atoms with Gasteiger partial charge in [-0.05, 0) is 34.2 Å². The summed E-state index contributed by atoms with van der Waals surface area (Å²) >= 11 is 0. The van der Waals surface area contributed by atoms with Gasteiger partial charge in [0, 0.05) is 18.6 Å². The highest BCUT2D eigenvalue weighted by molar-refractivity contribution is 5.83. The Balaban J connectivity index is 2.99. The first-order valence-corrected chi connectivity index (χ1v) is 5.82. The highest BCUT2D eigenvalue weighted by Gasteiger charge is 2.38. The molecule has 1 heterocycles. The quantitative estimate of drug-likeness (QED) is 0.707. The Morgan fingerprint density at radius 3 is 2.69 bits per heavy atom. The molecular formula is C12H21N3O. The van der Waals surface area contributed by atoms with Gasteiger partial charge in [0.05, 0.1) is 12.5 Å². The Morgan fingerprint density at radius 1 is 1.56 bits per heavy atom. The van der Waals surface area contributed by atoms with Crippen LogP contribution in [0.25, 0.3) is 0 Å². The van der Waals surface area contributed by atoms with E-state index in [-0.39, 0.29) is 23.9 Å². The van der Waals surface area contributed by atoms with E-state index in [0.29, 0.717) is 6.54 Å². The molecule has 4 nitrogen and oxygen atoms in total. The zero-order valence-corrected chi connectivity index (χ0v) is 10.7. The molecule has 4 heteroatoms. The number of hydrogen-bond acceptors (Lipinski definition) is 3. The maximum Gasteiger partial charge on any atom is 0.241 e. The van der Waals surface area contributed by atoms with Crippen molar-refractivity contribution in [2.24, 2.45) is 0 Å². The molecule has 1 rings (SSSR count). The number of carbonyl (C=O) groups is 1. The third kappa shape index (κ3) is 2.35. The van der Waals surface area contributed by atoms with Gasteiger partial charge in [-0.2, -0.15) is 5.26 Å². The van der Waals surface area contributed by atoms with Crippen molar-refractivity contribution in [1.82, 2.24) is 9.80 Å². The van der Waals surface area contributed by atoms with Crippen LogP contribution in [-0.2, 0) is 4.79 Å². The highest BCUT2D eigenvalue weighted by atomic mass is 16.2. The summed E-state index contributed by atoms with van der Waals surface area (Å²) in [5, 5.41) is 8.79. The SMILES string of the molecule is CCN1C(=O)C(CC#N)N(C)CCC1(C)C. The van der Waals surface area contributed by atoms with Gasteiger partial charge in [0.25, 0.3) is 0 Å². The molecule has 0 saturated carbocycles. The van der Waals surface area contributed by atoms with Gasteiger partial charge in [0.1, 0.15) is 6.04 Å². The summed E-state index contributed by atoms with van der Waals surface area (Å²) < 4.78 is 0. The molecule has 0 bridgehead atoms. The number of likely N-dealkylation sites (N-methyl/N-ethyl adjacent to an activating group) is 2. The van der Waals surface area contributed by atoms with Gasteiger partial charge in [-0.15, -0.1) is 0 Å². The molecule has 0 radical (unpaired) electrons. The number of hydrogen-bond donors (Lipinski definition) is 0. The molecule has 1 aliphatic heterocycles. The molecule has 1 amide bonds. The van der Waals surface area contributed by atoms with Crippen LogP contribution in [0.4, 0.5) is 0 Å². The van der Waals surface area contributed by atoms with Crippen molar-refractivity contribution in [2.75, 3.05) is 20.1 Å². The molecule has 1 unspecified atom stereocenters. The Kier molecular flexibility index (Phi) is 3.93. The Hall–Kier alpha value is -1.08. The van der Waals surface area contributed by atoms with Crippen molar-refractivity contribution < 1.29 is 4.79 Å². The monoisotopic (exact) mass is 223 g/mol. The summed E-state index contributed by atoms with van der Waals surface area (Å²) in [5.74, 6) is 0.0917. The van der Waals surface area contributed by atoms with E-state index in [1.54, 1.807) is 0 Å². The summed E-state index contributed by atoms with van der Waals surface area (Å²) in [4.78, 5) is 16.2. The van der Waals surface area contributed by atoms with Gasteiger partial charge < -0.3 is 4.90 Å². The van der Waals surface area contributed by atoms with Crippen LogP contribution in [0, 0.1) is 11.3 Å². The molecule has 90 valence electrons. The summed E-state index contributed by atoms with van der Waals surface area (Å²) in [7, 11) is 1.93. The maximum atomic E-state index is 12.3. The second-order valence-corrected chi connectivity index (χ2v) is 5.00.